The summed E-state index contributed by atoms with van der Waals surface area (Å²) in [5.74, 6) is 1.97. The molecule has 2 saturated carbocycles. The summed E-state index contributed by atoms with van der Waals surface area (Å²) in [6, 6.07) is 0.747. The van der Waals surface area contributed by atoms with Crippen LogP contribution in [0.2, 0.25) is 0 Å². The minimum absolute atomic E-state index is 0.747. The third-order valence-corrected chi connectivity index (χ3v) is 4.21. The number of nitrogens with one attached hydrogen (secondary N) is 1. The highest BCUT2D eigenvalue weighted by Crippen LogP contribution is 2.31. The topological polar surface area (TPSA) is 15.3 Å². The molecule has 2 aliphatic rings. The van der Waals surface area contributed by atoms with Gasteiger partial charge >= 0.3 is 0 Å². The highest BCUT2D eigenvalue weighted by Gasteiger charge is 2.27. The van der Waals surface area contributed by atoms with E-state index in [1.165, 1.54) is 51.6 Å². The normalized spacial score (nSPS) is 24.2. The molecule has 1 unspecified atom stereocenters. The Balaban J connectivity index is 1.75. The van der Waals surface area contributed by atoms with Crippen molar-refractivity contribution in [2.75, 3.05) is 26.7 Å². The van der Waals surface area contributed by atoms with Crippen molar-refractivity contribution in [2.24, 2.45) is 11.8 Å². The Kier molecular flexibility index (Phi) is 4.66. The average molecular weight is 224 g/mol. The lowest BCUT2D eigenvalue weighted by atomic mass is 9.97. The lowest BCUT2D eigenvalue weighted by Gasteiger charge is -2.29. The summed E-state index contributed by atoms with van der Waals surface area (Å²) in [5, 5.41) is 3.71. The van der Waals surface area contributed by atoms with E-state index in [4.69, 9.17) is 0 Å². The van der Waals surface area contributed by atoms with Gasteiger partial charge in [-0.25, -0.2) is 0 Å². The Morgan fingerprint density at radius 2 is 1.88 bits per heavy atom. The standard InChI is InChI=1S/C14H28N2/c1-3-15-14(13-6-4-5-7-13)11-16(2)10-12-8-9-12/h12-15H,3-11H2,1-2H3. The van der Waals surface area contributed by atoms with Gasteiger partial charge in [0.25, 0.3) is 0 Å². The van der Waals surface area contributed by atoms with Crippen molar-refractivity contribution >= 4 is 0 Å². The van der Waals surface area contributed by atoms with Gasteiger partial charge in [0.15, 0.2) is 0 Å². The molecule has 2 fully saturated rings. The Hall–Kier alpha value is -0.0800. The van der Waals surface area contributed by atoms with Crippen LogP contribution in [0.3, 0.4) is 0 Å². The van der Waals surface area contributed by atoms with Gasteiger partial charge in [-0.15, -0.1) is 0 Å². The van der Waals surface area contributed by atoms with E-state index in [0.29, 0.717) is 0 Å². The first kappa shape index (κ1) is 12.4. The molecule has 0 amide bonds. The molecule has 16 heavy (non-hydrogen) atoms. The van der Waals surface area contributed by atoms with Gasteiger partial charge in [-0.1, -0.05) is 19.8 Å². The van der Waals surface area contributed by atoms with Crippen LogP contribution < -0.4 is 5.32 Å². The summed E-state index contributed by atoms with van der Waals surface area (Å²) < 4.78 is 0. The fourth-order valence-electron chi connectivity index (χ4n) is 3.15. The Bertz CT molecular complexity index is 195. The van der Waals surface area contributed by atoms with Gasteiger partial charge in [0.2, 0.25) is 0 Å². The highest BCUT2D eigenvalue weighted by atomic mass is 15.1. The summed E-state index contributed by atoms with van der Waals surface area (Å²) in [5.41, 5.74) is 0. The van der Waals surface area contributed by atoms with Crippen molar-refractivity contribution < 1.29 is 0 Å². The first-order chi connectivity index (χ1) is 7.79. The third-order valence-electron chi connectivity index (χ3n) is 4.21. The van der Waals surface area contributed by atoms with Crippen molar-refractivity contribution in [3.05, 3.63) is 0 Å². The summed E-state index contributed by atoms with van der Waals surface area (Å²) in [6.45, 7) is 5.95. The summed E-state index contributed by atoms with van der Waals surface area (Å²) >= 11 is 0. The Morgan fingerprint density at radius 1 is 1.19 bits per heavy atom. The first-order valence-electron chi connectivity index (χ1n) is 7.21. The molecule has 94 valence electrons. The minimum Gasteiger partial charge on any atom is -0.313 e. The van der Waals surface area contributed by atoms with Gasteiger partial charge in [-0.2, -0.15) is 0 Å². The molecule has 0 aromatic carbocycles. The number of nitrogens with zero attached hydrogens (tertiary/aromatic N) is 1. The van der Waals surface area contributed by atoms with Crippen LogP contribution in [0.4, 0.5) is 0 Å². The molecule has 0 aromatic heterocycles. The highest BCUT2D eigenvalue weighted by molar-refractivity contribution is 4.84. The molecule has 2 rings (SSSR count). The summed E-state index contributed by atoms with van der Waals surface area (Å²) in [6.07, 6.45) is 8.76. The average Bonchev–Trinajstić information content (AvgIpc) is 2.90. The molecule has 2 heteroatoms. The van der Waals surface area contributed by atoms with E-state index in [1.807, 2.05) is 0 Å². The predicted octanol–water partition coefficient (Wildman–Crippen LogP) is 2.50. The molecule has 0 radical (unpaired) electrons. The molecule has 0 spiro atoms. The van der Waals surface area contributed by atoms with Gasteiger partial charge in [0.1, 0.15) is 0 Å². The predicted molar refractivity (Wildman–Crippen MR) is 69.6 cm³/mol. The number of rotatable bonds is 7. The maximum Gasteiger partial charge on any atom is 0.0222 e. The van der Waals surface area contributed by atoms with Gasteiger partial charge < -0.3 is 10.2 Å². The molecule has 2 aliphatic carbocycles. The molecule has 0 heterocycles. The second-order valence-corrected chi connectivity index (χ2v) is 5.87. The zero-order chi connectivity index (χ0) is 11.4. The maximum absolute atomic E-state index is 3.71. The zero-order valence-electron chi connectivity index (χ0n) is 11.0. The molecular formula is C14H28N2. The van der Waals surface area contributed by atoms with Crippen molar-refractivity contribution in [3.63, 3.8) is 0 Å². The second-order valence-electron chi connectivity index (χ2n) is 5.87. The molecular weight excluding hydrogens is 196 g/mol. The Labute approximate surface area is 101 Å². The SMILES string of the molecule is CCNC(CN(C)CC1CC1)C1CCCC1. The second kappa shape index (κ2) is 6.02. The largest absolute Gasteiger partial charge is 0.313 e. The molecule has 0 aliphatic heterocycles. The number of likely N-dealkylation sites (N-methyl/N-ethyl adjacent to an activating group) is 2. The van der Waals surface area contributed by atoms with E-state index in [1.54, 1.807) is 0 Å². The zero-order valence-corrected chi connectivity index (χ0v) is 11.0. The quantitative estimate of drug-likeness (QED) is 0.715. The van der Waals surface area contributed by atoms with Gasteiger partial charge in [0.05, 0.1) is 0 Å². The van der Waals surface area contributed by atoms with Crippen molar-refractivity contribution in [1.82, 2.24) is 10.2 Å². The third kappa shape index (κ3) is 3.74. The first-order valence-corrected chi connectivity index (χ1v) is 7.21. The van der Waals surface area contributed by atoms with Crippen LogP contribution >= 0.6 is 0 Å². The Morgan fingerprint density at radius 3 is 2.44 bits per heavy atom. The van der Waals surface area contributed by atoms with Crippen molar-refractivity contribution in [3.8, 4) is 0 Å². The van der Waals surface area contributed by atoms with E-state index in [-0.39, 0.29) is 0 Å². The lowest BCUT2D eigenvalue weighted by molar-refractivity contribution is 0.236. The molecule has 2 nitrogen and oxygen atoms in total. The smallest absolute Gasteiger partial charge is 0.0222 e. The maximum atomic E-state index is 3.71. The molecule has 0 bridgehead atoms. The van der Waals surface area contributed by atoms with Crippen molar-refractivity contribution in [2.45, 2.75) is 51.5 Å². The fourth-order valence-corrected chi connectivity index (χ4v) is 3.15. The van der Waals surface area contributed by atoms with Crippen LogP contribution in [0.1, 0.15) is 45.4 Å². The number of hydrogen-bond acceptors (Lipinski definition) is 2. The molecule has 0 aromatic rings. The van der Waals surface area contributed by atoms with Gasteiger partial charge in [0, 0.05) is 19.1 Å². The van der Waals surface area contributed by atoms with Crippen LogP contribution in [0.25, 0.3) is 0 Å². The molecule has 1 N–H and O–H groups in total. The molecule has 0 saturated heterocycles. The van der Waals surface area contributed by atoms with Gasteiger partial charge in [-0.3, -0.25) is 0 Å². The van der Waals surface area contributed by atoms with Crippen LogP contribution in [-0.2, 0) is 0 Å². The summed E-state index contributed by atoms with van der Waals surface area (Å²) in [4.78, 5) is 2.56. The number of hydrogen-bond donors (Lipinski definition) is 1. The van der Waals surface area contributed by atoms with E-state index in [2.05, 4.69) is 24.2 Å². The van der Waals surface area contributed by atoms with Crippen LogP contribution in [0.15, 0.2) is 0 Å². The van der Waals surface area contributed by atoms with Crippen LogP contribution in [-0.4, -0.2) is 37.6 Å². The summed E-state index contributed by atoms with van der Waals surface area (Å²) in [7, 11) is 2.30. The van der Waals surface area contributed by atoms with Crippen LogP contribution in [0.5, 0.6) is 0 Å². The lowest BCUT2D eigenvalue weighted by Crippen LogP contribution is -2.44. The van der Waals surface area contributed by atoms with Crippen molar-refractivity contribution in [1.29, 1.82) is 0 Å². The van der Waals surface area contributed by atoms with E-state index in [0.717, 1.165) is 24.4 Å². The van der Waals surface area contributed by atoms with E-state index < -0.39 is 0 Å². The molecule has 1 atom stereocenters. The minimum atomic E-state index is 0.747. The fraction of sp³-hybridized carbons (Fsp3) is 1.00. The van der Waals surface area contributed by atoms with Crippen LogP contribution in [0, 0.1) is 11.8 Å². The monoisotopic (exact) mass is 224 g/mol. The van der Waals surface area contributed by atoms with E-state index in [9.17, 15) is 0 Å². The van der Waals surface area contributed by atoms with E-state index >= 15 is 0 Å². The van der Waals surface area contributed by atoms with Gasteiger partial charge in [-0.05, 0) is 51.1 Å².